The molecule has 2 aliphatic rings. The van der Waals surface area contributed by atoms with Gasteiger partial charge in [-0.15, -0.1) is 11.8 Å². The number of allylic oxidation sites excluding steroid dienone is 1. The summed E-state index contributed by atoms with van der Waals surface area (Å²) in [4.78, 5) is 23.7. The second kappa shape index (κ2) is 3.49. The van der Waals surface area contributed by atoms with Crippen LogP contribution in [0.15, 0.2) is 10.5 Å². The fraction of sp³-hybridized carbons (Fsp3) is 0.636. The molecule has 0 aromatic carbocycles. The van der Waals surface area contributed by atoms with Crippen LogP contribution >= 0.6 is 11.8 Å². The number of nitrogens with two attached hydrogens (primary N) is 1. The van der Waals surface area contributed by atoms with E-state index < -0.39 is 28.1 Å². The predicted octanol–water partition coefficient (Wildman–Crippen LogP) is 1.25. The molecule has 0 radical (unpaired) electrons. The summed E-state index contributed by atoms with van der Waals surface area (Å²) < 4.78 is 0. The summed E-state index contributed by atoms with van der Waals surface area (Å²) in [5.74, 6) is -2.01. The Morgan fingerprint density at radius 1 is 1.35 bits per heavy atom. The van der Waals surface area contributed by atoms with Gasteiger partial charge >= 0.3 is 11.9 Å². The van der Waals surface area contributed by atoms with Crippen molar-refractivity contribution in [3.8, 4) is 0 Å². The van der Waals surface area contributed by atoms with Crippen molar-refractivity contribution in [2.45, 2.75) is 32.1 Å². The van der Waals surface area contributed by atoms with Gasteiger partial charge in [-0.25, -0.2) is 0 Å². The Bertz CT molecular complexity index is 447. The van der Waals surface area contributed by atoms with E-state index in [2.05, 4.69) is 0 Å². The lowest BCUT2D eigenvalue weighted by Crippen LogP contribution is -2.47. The van der Waals surface area contributed by atoms with Gasteiger partial charge in [-0.3, -0.25) is 9.59 Å². The van der Waals surface area contributed by atoms with Crippen molar-refractivity contribution >= 4 is 23.7 Å². The Morgan fingerprint density at radius 2 is 1.94 bits per heavy atom. The van der Waals surface area contributed by atoms with E-state index in [1.165, 1.54) is 18.7 Å². The van der Waals surface area contributed by atoms with Crippen LogP contribution in [0.5, 0.6) is 0 Å². The van der Waals surface area contributed by atoms with E-state index in [-0.39, 0.29) is 0 Å². The monoisotopic (exact) mass is 257 g/mol. The number of carboxylic acid groups (broad SMARTS) is 2. The van der Waals surface area contributed by atoms with Crippen LogP contribution < -0.4 is 5.73 Å². The van der Waals surface area contributed by atoms with E-state index in [9.17, 15) is 19.8 Å². The molecule has 1 heterocycles. The second-order valence-electron chi connectivity index (χ2n) is 4.98. The molecule has 3 unspecified atom stereocenters. The Morgan fingerprint density at radius 3 is 2.41 bits per heavy atom. The molecular formula is C11H15NO4S. The minimum absolute atomic E-state index is 0.454. The summed E-state index contributed by atoms with van der Waals surface area (Å²) in [6.45, 7) is 3.12. The summed E-state index contributed by atoms with van der Waals surface area (Å²) in [5.41, 5.74) is 4.01. The van der Waals surface area contributed by atoms with Crippen molar-refractivity contribution in [1.29, 1.82) is 0 Å². The van der Waals surface area contributed by atoms with Crippen LogP contribution in [0.4, 0.5) is 0 Å². The van der Waals surface area contributed by atoms with E-state index in [0.29, 0.717) is 18.4 Å². The van der Waals surface area contributed by atoms with E-state index in [0.717, 1.165) is 4.91 Å². The van der Waals surface area contributed by atoms with Gasteiger partial charge in [0.05, 0.1) is 10.8 Å². The fourth-order valence-corrected chi connectivity index (χ4v) is 4.29. The SMILES string of the molecule is CC1(C(=O)O)CCC2=C1C(C)(C(=O)O)C(N)S2. The van der Waals surface area contributed by atoms with Gasteiger partial charge in [0.1, 0.15) is 5.41 Å². The zero-order chi connectivity index (χ0) is 13.0. The summed E-state index contributed by atoms with van der Waals surface area (Å²) in [7, 11) is 0. The average Bonchev–Trinajstić information content (AvgIpc) is 2.68. The minimum Gasteiger partial charge on any atom is -0.481 e. The third-order valence-corrected chi connectivity index (χ3v) is 5.37. The van der Waals surface area contributed by atoms with Crippen LogP contribution in [-0.4, -0.2) is 27.5 Å². The van der Waals surface area contributed by atoms with Gasteiger partial charge in [0.25, 0.3) is 0 Å². The van der Waals surface area contributed by atoms with Gasteiger partial charge in [0.15, 0.2) is 0 Å². The number of carboxylic acids is 2. The summed E-state index contributed by atoms with van der Waals surface area (Å²) in [5, 5.41) is 18.1. The Hall–Kier alpha value is -1.01. The zero-order valence-electron chi connectivity index (χ0n) is 9.69. The highest BCUT2D eigenvalue weighted by Crippen LogP contribution is 2.62. The first-order valence-corrected chi connectivity index (χ1v) is 6.25. The Labute approximate surface area is 103 Å². The molecule has 0 spiro atoms. The van der Waals surface area contributed by atoms with Crippen molar-refractivity contribution < 1.29 is 19.8 Å². The number of aliphatic carboxylic acids is 2. The van der Waals surface area contributed by atoms with Crippen molar-refractivity contribution in [2.75, 3.05) is 0 Å². The first kappa shape index (κ1) is 12.4. The van der Waals surface area contributed by atoms with Gasteiger partial charge < -0.3 is 15.9 Å². The summed E-state index contributed by atoms with van der Waals surface area (Å²) >= 11 is 1.30. The molecule has 5 nitrogen and oxygen atoms in total. The van der Waals surface area contributed by atoms with Crippen LogP contribution in [-0.2, 0) is 9.59 Å². The molecule has 3 atom stereocenters. The van der Waals surface area contributed by atoms with Crippen LogP contribution in [0.25, 0.3) is 0 Å². The van der Waals surface area contributed by atoms with E-state index in [4.69, 9.17) is 5.73 Å². The van der Waals surface area contributed by atoms with E-state index in [1.54, 1.807) is 6.92 Å². The molecule has 0 bridgehead atoms. The lowest BCUT2D eigenvalue weighted by Gasteiger charge is -2.34. The first-order valence-electron chi connectivity index (χ1n) is 5.37. The second-order valence-corrected chi connectivity index (χ2v) is 6.22. The highest BCUT2D eigenvalue weighted by molar-refractivity contribution is 8.04. The Balaban J connectivity index is 2.58. The standard InChI is InChI=1S/C11H15NO4S/c1-10(8(13)14)4-3-5-6(10)11(2,9(15)16)7(12)17-5/h7H,3-4,12H2,1-2H3,(H,13,14)(H,15,16). The molecule has 6 heteroatoms. The van der Waals surface area contributed by atoms with Crippen LogP contribution in [0.1, 0.15) is 26.7 Å². The topological polar surface area (TPSA) is 101 Å². The van der Waals surface area contributed by atoms with Crippen molar-refractivity contribution in [1.82, 2.24) is 0 Å². The van der Waals surface area contributed by atoms with Crippen molar-refractivity contribution in [3.63, 3.8) is 0 Å². The van der Waals surface area contributed by atoms with Crippen LogP contribution in [0.3, 0.4) is 0 Å². The van der Waals surface area contributed by atoms with Gasteiger partial charge in [-0.1, -0.05) is 0 Å². The molecule has 0 saturated carbocycles. The third-order valence-electron chi connectivity index (χ3n) is 3.96. The number of hydrogen-bond acceptors (Lipinski definition) is 4. The van der Waals surface area contributed by atoms with Gasteiger partial charge in [0.2, 0.25) is 0 Å². The molecule has 0 aromatic rings. The lowest BCUT2D eigenvalue weighted by molar-refractivity contribution is -0.149. The van der Waals surface area contributed by atoms with E-state index in [1.807, 2.05) is 0 Å². The largest absolute Gasteiger partial charge is 0.481 e. The van der Waals surface area contributed by atoms with Crippen LogP contribution in [0.2, 0.25) is 0 Å². The smallest absolute Gasteiger partial charge is 0.316 e. The fourth-order valence-electron chi connectivity index (χ4n) is 2.76. The summed E-state index contributed by atoms with van der Waals surface area (Å²) in [6, 6.07) is 0. The number of hydrogen-bond donors (Lipinski definition) is 3. The number of thioether (sulfide) groups is 1. The number of carbonyl (C=O) groups is 2. The first-order chi connectivity index (χ1) is 7.74. The zero-order valence-corrected chi connectivity index (χ0v) is 10.5. The van der Waals surface area contributed by atoms with E-state index >= 15 is 0 Å². The van der Waals surface area contributed by atoms with Crippen molar-refractivity contribution in [3.05, 3.63) is 10.5 Å². The Kier molecular flexibility index (Phi) is 2.56. The maximum Gasteiger partial charge on any atom is 0.316 e. The molecule has 1 aliphatic carbocycles. The molecule has 0 saturated heterocycles. The highest BCUT2D eigenvalue weighted by atomic mass is 32.2. The molecule has 17 heavy (non-hydrogen) atoms. The molecule has 0 amide bonds. The van der Waals surface area contributed by atoms with Gasteiger partial charge in [-0.2, -0.15) is 0 Å². The molecule has 1 aliphatic heterocycles. The van der Waals surface area contributed by atoms with Crippen LogP contribution in [0, 0.1) is 10.8 Å². The summed E-state index contributed by atoms with van der Waals surface area (Å²) in [6.07, 6.45) is 1.06. The molecule has 0 fully saturated rings. The molecule has 4 N–H and O–H groups in total. The highest BCUT2D eigenvalue weighted by Gasteiger charge is 2.60. The van der Waals surface area contributed by atoms with Gasteiger partial charge in [0, 0.05) is 0 Å². The lowest BCUT2D eigenvalue weighted by atomic mass is 9.69. The quantitative estimate of drug-likeness (QED) is 0.688. The minimum atomic E-state index is -1.27. The molecule has 2 rings (SSSR count). The molecule has 94 valence electrons. The van der Waals surface area contributed by atoms with Gasteiger partial charge in [-0.05, 0) is 37.2 Å². The maximum atomic E-state index is 11.5. The molecule has 0 aromatic heterocycles. The average molecular weight is 257 g/mol. The maximum absolute atomic E-state index is 11.5. The predicted molar refractivity (Wildman–Crippen MR) is 63.3 cm³/mol. The normalized spacial score (nSPS) is 40.5. The third kappa shape index (κ3) is 1.37. The number of rotatable bonds is 2. The molecular weight excluding hydrogens is 242 g/mol. The van der Waals surface area contributed by atoms with Crippen molar-refractivity contribution in [2.24, 2.45) is 16.6 Å².